The Morgan fingerprint density at radius 3 is 2.30 bits per heavy atom. The molecular formula is C18H18N2O3. The Morgan fingerprint density at radius 2 is 1.65 bits per heavy atom. The third-order valence-corrected chi connectivity index (χ3v) is 3.71. The zero-order valence-corrected chi connectivity index (χ0v) is 12.6. The number of hydrogen-bond donors (Lipinski definition) is 1. The van der Waals surface area contributed by atoms with E-state index in [1.807, 2.05) is 60.7 Å². The van der Waals surface area contributed by atoms with Crippen molar-refractivity contribution < 1.29 is 14.3 Å². The highest BCUT2D eigenvalue weighted by Crippen LogP contribution is 2.12. The molecule has 1 heterocycles. The van der Waals surface area contributed by atoms with Gasteiger partial charge in [0.05, 0.1) is 6.54 Å². The van der Waals surface area contributed by atoms with Crippen molar-refractivity contribution in [3.05, 3.63) is 71.8 Å². The molecule has 0 spiro atoms. The summed E-state index contributed by atoms with van der Waals surface area (Å²) in [6.45, 7) is 1.02. The highest BCUT2D eigenvalue weighted by molar-refractivity contribution is 5.87. The largest absolute Gasteiger partial charge is 0.459 e. The van der Waals surface area contributed by atoms with E-state index in [2.05, 4.69) is 5.32 Å². The van der Waals surface area contributed by atoms with Gasteiger partial charge in [0.2, 0.25) is 0 Å². The second kappa shape index (κ2) is 6.96. The normalized spacial score (nSPS) is 17.0. The maximum Gasteiger partial charge on any atom is 0.330 e. The van der Waals surface area contributed by atoms with Gasteiger partial charge in [-0.15, -0.1) is 0 Å². The molecule has 1 N–H and O–H groups in total. The minimum absolute atomic E-state index is 0.213. The number of urea groups is 1. The summed E-state index contributed by atoms with van der Waals surface area (Å²) in [5.74, 6) is -0.405. The van der Waals surface area contributed by atoms with Gasteiger partial charge >= 0.3 is 12.0 Å². The molecule has 0 saturated carbocycles. The molecule has 2 amide bonds. The van der Waals surface area contributed by atoms with Gasteiger partial charge in [-0.2, -0.15) is 0 Å². The van der Waals surface area contributed by atoms with Crippen molar-refractivity contribution in [2.75, 3.05) is 6.54 Å². The van der Waals surface area contributed by atoms with Crippen LogP contribution in [0, 0.1) is 0 Å². The SMILES string of the molecule is O=C(OCc1ccccc1)C1CN(Cc2ccccc2)C(=O)N1. The Balaban J connectivity index is 1.53. The number of benzene rings is 2. The lowest BCUT2D eigenvalue weighted by Gasteiger charge is -2.14. The Bertz CT molecular complexity index is 673. The Morgan fingerprint density at radius 1 is 1.04 bits per heavy atom. The number of rotatable bonds is 5. The number of esters is 1. The molecule has 0 bridgehead atoms. The molecule has 2 aromatic carbocycles. The van der Waals surface area contributed by atoms with Gasteiger partial charge in [0.25, 0.3) is 0 Å². The first-order chi connectivity index (χ1) is 11.2. The fourth-order valence-corrected chi connectivity index (χ4v) is 2.49. The van der Waals surface area contributed by atoms with Crippen LogP contribution in [0.15, 0.2) is 60.7 Å². The van der Waals surface area contributed by atoms with Crippen LogP contribution in [0.25, 0.3) is 0 Å². The summed E-state index contributed by atoms with van der Waals surface area (Å²) in [7, 11) is 0. The number of hydrogen-bond acceptors (Lipinski definition) is 3. The number of nitrogens with one attached hydrogen (secondary N) is 1. The Hall–Kier alpha value is -2.82. The van der Waals surface area contributed by atoms with E-state index in [1.165, 1.54) is 0 Å². The predicted octanol–water partition coefficient (Wildman–Crippen LogP) is 2.32. The standard InChI is InChI=1S/C18H18N2O3/c21-17(23-13-15-9-5-2-6-10-15)16-12-20(18(22)19-16)11-14-7-3-1-4-8-14/h1-10,16H,11-13H2,(H,19,22). The molecule has 118 valence electrons. The van der Waals surface area contributed by atoms with Crippen molar-refractivity contribution in [2.24, 2.45) is 0 Å². The summed E-state index contributed by atoms with van der Waals surface area (Å²) >= 11 is 0. The maximum absolute atomic E-state index is 12.1. The van der Waals surface area contributed by atoms with E-state index in [9.17, 15) is 9.59 Å². The molecule has 1 atom stereocenters. The van der Waals surface area contributed by atoms with Gasteiger partial charge in [0, 0.05) is 6.54 Å². The van der Waals surface area contributed by atoms with Crippen molar-refractivity contribution in [1.82, 2.24) is 10.2 Å². The predicted molar refractivity (Wildman–Crippen MR) is 85.4 cm³/mol. The van der Waals surface area contributed by atoms with Gasteiger partial charge in [0.15, 0.2) is 0 Å². The van der Waals surface area contributed by atoms with E-state index in [0.29, 0.717) is 13.1 Å². The molecule has 0 radical (unpaired) electrons. The topological polar surface area (TPSA) is 58.6 Å². The summed E-state index contributed by atoms with van der Waals surface area (Å²) in [4.78, 5) is 25.7. The lowest BCUT2D eigenvalue weighted by Crippen LogP contribution is -2.35. The van der Waals surface area contributed by atoms with E-state index in [1.54, 1.807) is 4.90 Å². The number of nitrogens with zero attached hydrogens (tertiary/aromatic N) is 1. The van der Waals surface area contributed by atoms with E-state index in [0.717, 1.165) is 11.1 Å². The molecule has 1 aliphatic rings. The lowest BCUT2D eigenvalue weighted by molar-refractivity contribution is -0.146. The third-order valence-electron chi connectivity index (χ3n) is 3.71. The molecule has 2 aromatic rings. The minimum atomic E-state index is -0.616. The number of amides is 2. The van der Waals surface area contributed by atoms with Gasteiger partial charge in [-0.05, 0) is 11.1 Å². The van der Waals surface area contributed by atoms with E-state index in [4.69, 9.17) is 4.74 Å². The van der Waals surface area contributed by atoms with Gasteiger partial charge < -0.3 is 15.0 Å². The molecule has 1 saturated heterocycles. The molecular weight excluding hydrogens is 292 g/mol. The molecule has 0 aliphatic carbocycles. The van der Waals surface area contributed by atoms with Crippen LogP contribution in [0.5, 0.6) is 0 Å². The van der Waals surface area contributed by atoms with E-state index < -0.39 is 12.0 Å². The summed E-state index contributed by atoms with van der Waals surface area (Å²) in [5.41, 5.74) is 1.95. The molecule has 5 heteroatoms. The molecule has 3 rings (SSSR count). The fraction of sp³-hybridized carbons (Fsp3) is 0.222. The van der Waals surface area contributed by atoms with Crippen molar-refractivity contribution in [3.8, 4) is 0 Å². The first-order valence-corrected chi connectivity index (χ1v) is 7.52. The summed E-state index contributed by atoms with van der Waals surface area (Å²) in [6, 6.07) is 18.3. The quantitative estimate of drug-likeness (QED) is 0.862. The lowest BCUT2D eigenvalue weighted by atomic mass is 10.2. The second-order valence-corrected chi connectivity index (χ2v) is 5.46. The van der Waals surface area contributed by atoms with Crippen LogP contribution >= 0.6 is 0 Å². The molecule has 23 heavy (non-hydrogen) atoms. The van der Waals surface area contributed by atoms with Crippen LogP contribution in [0.1, 0.15) is 11.1 Å². The third kappa shape index (κ3) is 3.88. The van der Waals surface area contributed by atoms with Crippen molar-refractivity contribution in [1.29, 1.82) is 0 Å². The van der Waals surface area contributed by atoms with Crippen molar-refractivity contribution >= 4 is 12.0 Å². The minimum Gasteiger partial charge on any atom is -0.459 e. The van der Waals surface area contributed by atoms with Gasteiger partial charge in [-0.25, -0.2) is 9.59 Å². The Kier molecular flexibility index (Phi) is 4.57. The van der Waals surface area contributed by atoms with Gasteiger partial charge in [-0.1, -0.05) is 60.7 Å². The summed E-state index contributed by atoms with van der Waals surface area (Å²) < 4.78 is 5.28. The van der Waals surface area contributed by atoms with Gasteiger partial charge in [-0.3, -0.25) is 0 Å². The fourth-order valence-electron chi connectivity index (χ4n) is 2.49. The molecule has 1 fully saturated rings. The maximum atomic E-state index is 12.1. The highest BCUT2D eigenvalue weighted by atomic mass is 16.5. The van der Waals surface area contributed by atoms with Gasteiger partial charge in [0.1, 0.15) is 12.6 Å². The molecule has 1 aliphatic heterocycles. The number of carbonyl (C=O) groups excluding carboxylic acids is 2. The van der Waals surface area contributed by atoms with Crippen molar-refractivity contribution in [2.45, 2.75) is 19.2 Å². The van der Waals surface area contributed by atoms with Crippen LogP contribution in [0.4, 0.5) is 4.79 Å². The summed E-state index contributed by atoms with van der Waals surface area (Å²) in [5, 5.41) is 2.67. The highest BCUT2D eigenvalue weighted by Gasteiger charge is 2.34. The first kappa shape index (κ1) is 15.1. The summed E-state index contributed by atoms with van der Waals surface area (Å²) in [6.07, 6.45) is 0. The van der Waals surface area contributed by atoms with E-state index >= 15 is 0 Å². The zero-order chi connectivity index (χ0) is 16.1. The van der Waals surface area contributed by atoms with Crippen LogP contribution < -0.4 is 5.32 Å². The number of carbonyl (C=O) groups is 2. The average molecular weight is 310 g/mol. The number of ether oxygens (including phenoxy) is 1. The second-order valence-electron chi connectivity index (χ2n) is 5.46. The smallest absolute Gasteiger partial charge is 0.330 e. The monoisotopic (exact) mass is 310 g/mol. The first-order valence-electron chi connectivity index (χ1n) is 7.52. The van der Waals surface area contributed by atoms with Crippen LogP contribution in [-0.4, -0.2) is 29.5 Å². The zero-order valence-electron chi connectivity index (χ0n) is 12.6. The van der Waals surface area contributed by atoms with Crippen molar-refractivity contribution in [3.63, 3.8) is 0 Å². The Labute approximate surface area is 134 Å². The average Bonchev–Trinajstić information content (AvgIpc) is 2.95. The molecule has 1 unspecified atom stereocenters. The van der Waals surface area contributed by atoms with Crippen LogP contribution in [0.3, 0.4) is 0 Å². The molecule has 0 aromatic heterocycles. The van der Waals surface area contributed by atoms with Crippen LogP contribution in [0.2, 0.25) is 0 Å². The van der Waals surface area contributed by atoms with E-state index in [-0.39, 0.29) is 12.6 Å². The molecule has 5 nitrogen and oxygen atoms in total. The van der Waals surface area contributed by atoms with Crippen LogP contribution in [-0.2, 0) is 22.7 Å².